The van der Waals surface area contributed by atoms with E-state index in [1.165, 1.54) is 0 Å². The Morgan fingerprint density at radius 1 is 1.00 bits per heavy atom. The van der Waals surface area contributed by atoms with Crippen LogP contribution in [-0.2, 0) is 4.79 Å². The quantitative estimate of drug-likeness (QED) is 0.791. The van der Waals surface area contributed by atoms with Crippen LogP contribution in [-0.4, -0.2) is 79.4 Å². The zero-order chi connectivity index (χ0) is 21.7. The van der Waals surface area contributed by atoms with Crippen molar-refractivity contribution in [3.63, 3.8) is 0 Å². The van der Waals surface area contributed by atoms with Gasteiger partial charge in [-0.25, -0.2) is 4.79 Å². The van der Waals surface area contributed by atoms with Gasteiger partial charge in [-0.3, -0.25) is 9.59 Å². The molecular formula is C22H31ClN4O3. The molecule has 3 rings (SSSR count). The maximum Gasteiger partial charge on any atom is 0.317 e. The van der Waals surface area contributed by atoms with Gasteiger partial charge in [-0.2, -0.15) is 0 Å². The Bertz CT molecular complexity index is 792. The van der Waals surface area contributed by atoms with Gasteiger partial charge in [0.15, 0.2) is 0 Å². The lowest BCUT2D eigenvalue weighted by atomic mass is 9.84. The van der Waals surface area contributed by atoms with E-state index in [0.29, 0.717) is 49.7 Å². The smallest absolute Gasteiger partial charge is 0.317 e. The lowest BCUT2D eigenvalue weighted by Crippen LogP contribution is -2.50. The minimum Gasteiger partial charge on any atom is -0.348 e. The molecule has 2 aliphatic rings. The molecule has 1 aliphatic heterocycles. The normalized spacial score (nSPS) is 18.6. The largest absolute Gasteiger partial charge is 0.348 e. The number of nitrogens with zero attached hydrogens (tertiary/aromatic N) is 3. The fourth-order valence-corrected chi connectivity index (χ4v) is 4.69. The van der Waals surface area contributed by atoms with E-state index in [9.17, 15) is 14.4 Å². The number of amides is 4. The molecule has 0 atom stereocenters. The van der Waals surface area contributed by atoms with E-state index in [1.807, 2.05) is 0 Å². The molecule has 0 spiro atoms. The van der Waals surface area contributed by atoms with Crippen molar-refractivity contribution in [1.29, 1.82) is 0 Å². The molecule has 1 aromatic carbocycles. The summed E-state index contributed by atoms with van der Waals surface area (Å²) in [6, 6.07) is 6.86. The predicted octanol–water partition coefficient (Wildman–Crippen LogP) is 2.85. The Balaban J connectivity index is 1.57. The van der Waals surface area contributed by atoms with Crippen molar-refractivity contribution in [2.45, 2.75) is 32.1 Å². The molecular weight excluding hydrogens is 404 g/mol. The number of rotatable bonds is 4. The Kier molecular flexibility index (Phi) is 7.23. The lowest BCUT2D eigenvalue weighted by molar-refractivity contribution is -0.138. The highest BCUT2D eigenvalue weighted by Crippen LogP contribution is 2.39. The van der Waals surface area contributed by atoms with Crippen molar-refractivity contribution < 1.29 is 14.4 Å². The molecule has 0 radical (unpaired) electrons. The molecule has 1 heterocycles. The first kappa shape index (κ1) is 22.4. The van der Waals surface area contributed by atoms with Gasteiger partial charge < -0.3 is 20.0 Å². The molecule has 1 saturated heterocycles. The molecule has 1 saturated carbocycles. The highest BCUT2D eigenvalue weighted by molar-refractivity contribution is 6.33. The van der Waals surface area contributed by atoms with Gasteiger partial charge >= 0.3 is 6.03 Å². The third-order valence-electron chi connectivity index (χ3n) is 6.17. The van der Waals surface area contributed by atoms with Gasteiger partial charge in [-0.05, 0) is 31.4 Å². The lowest BCUT2D eigenvalue weighted by Gasteiger charge is -2.32. The monoisotopic (exact) mass is 434 g/mol. The average molecular weight is 435 g/mol. The van der Waals surface area contributed by atoms with Crippen molar-refractivity contribution >= 4 is 29.4 Å². The molecule has 1 aromatic rings. The standard InChI is InChI=1S/C22H31ClN4O3/c1-25(2)20(29)22(10-5-6-11-22)16-24-21(30)27-13-7-12-26(14-15-27)19(28)17-8-3-4-9-18(17)23/h3-4,8-9H,5-7,10-16H2,1-2H3,(H,24,30). The highest BCUT2D eigenvalue weighted by atomic mass is 35.5. The predicted molar refractivity (Wildman–Crippen MR) is 117 cm³/mol. The summed E-state index contributed by atoms with van der Waals surface area (Å²) in [4.78, 5) is 43.4. The van der Waals surface area contributed by atoms with Gasteiger partial charge in [-0.1, -0.05) is 36.6 Å². The molecule has 7 nitrogen and oxygen atoms in total. The summed E-state index contributed by atoms with van der Waals surface area (Å²) in [6.07, 6.45) is 4.34. The topological polar surface area (TPSA) is 73.0 Å². The molecule has 0 unspecified atom stereocenters. The first-order valence-corrected chi connectivity index (χ1v) is 11.0. The van der Waals surface area contributed by atoms with Crippen molar-refractivity contribution in [2.24, 2.45) is 5.41 Å². The SMILES string of the molecule is CN(C)C(=O)C1(CNC(=O)N2CCCN(C(=O)c3ccccc3Cl)CC2)CCCC1. The van der Waals surface area contributed by atoms with Crippen LogP contribution in [0.15, 0.2) is 24.3 Å². The molecule has 0 aromatic heterocycles. The molecule has 8 heteroatoms. The van der Waals surface area contributed by atoms with Gasteiger partial charge in [0.1, 0.15) is 0 Å². The number of urea groups is 1. The Labute approximate surface area is 183 Å². The Hall–Kier alpha value is -2.28. The van der Waals surface area contributed by atoms with E-state index in [2.05, 4.69) is 5.32 Å². The number of nitrogens with one attached hydrogen (secondary N) is 1. The summed E-state index contributed by atoms with van der Waals surface area (Å²) in [5, 5.41) is 3.44. The second-order valence-corrected chi connectivity index (χ2v) is 8.87. The minimum absolute atomic E-state index is 0.0904. The van der Waals surface area contributed by atoms with E-state index in [1.54, 1.807) is 53.1 Å². The van der Waals surface area contributed by atoms with Gasteiger partial charge in [0.05, 0.1) is 16.0 Å². The summed E-state index contributed by atoms with van der Waals surface area (Å²) >= 11 is 6.17. The third kappa shape index (κ3) is 4.89. The fourth-order valence-electron chi connectivity index (χ4n) is 4.48. The number of carbonyl (C=O) groups is 3. The molecule has 2 fully saturated rings. The fraction of sp³-hybridized carbons (Fsp3) is 0.591. The average Bonchev–Trinajstić information content (AvgIpc) is 3.08. The Morgan fingerprint density at radius 2 is 1.63 bits per heavy atom. The molecule has 1 N–H and O–H groups in total. The van der Waals surface area contributed by atoms with E-state index in [-0.39, 0.29) is 17.8 Å². The van der Waals surface area contributed by atoms with Crippen molar-refractivity contribution in [3.8, 4) is 0 Å². The molecule has 1 aliphatic carbocycles. The third-order valence-corrected chi connectivity index (χ3v) is 6.50. The van der Waals surface area contributed by atoms with Crippen LogP contribution in [0.4, 0.5) is 4.79 Å². The molecule has 4 amide bonds. The summed E-state index contributed by atoms with van der Waals surface area (Å²) in [7, 11) is 3.53. The molecule has 0 bridgehead atoms. The van der Waals surface area contributed by atoms with Gasteiger partial charge in [-0.15, -0.1) is 0 Å². The number of halogens is 1. The van der Waals surface area contributed by atoms with Crippen LogP contribution in [0.5, 0.6) is 0 Å². The highest BCUT2D eigenvalue weighted by Gasteiger charge is 2.42. The first-order valence-electron chi connectivity index (χ1n) is 10.6. The molecule has 30 heavy (non-hydrogen) atoms. The first-order chi connectivity index (χ1) is 14.3. The van der Waals surface area contributed by atoms with E-state index in [0.717, 1.165) is 25.7 Å². The zero-order valence-electron chi connectivity index (χ0n) is 17.8. The van der Waals surface area contributed by atoms with Gasteiger partial charge in [0, 0.05) is 46.8 Å². The van der Waals surface area contributed by atoms with Crippen LogP contribution < -0.4 is 5.32 Å². The number of hydrogen-bond acceptors (Lipinski definition) is 3. The van der Waals surface area contributed by atoms with Gasteiger partial charge in [0.25, 0.3) is 5.91 Å². The van der Waals surface area contributed by atoms with Crippen LogP contribution in [0.3, 0.4) is 0 Å². The van der Waals surface area contributed by atoms with Crippen LogP contribution in [0.25, 0.3) is 0 Å². The van der Waals surface area contributed by atoms with E-state index < -0.39 is 5.41 Å². The maximum absolute atomic E-state index is 12.8. The summed E-state index contributed by atoms with van der Waals surface area (Å²) in [5.74, 6) is -0.0166. The van der Waals surface area contributed by atoms with E-state index in [4.69, 9.17) is 11.6 Å². The van der Waals surface area contributed by atoms with E-state index >= 15 is 0 Å². The van der Waals surface area contributed by atoms with Crippen LogP contribution in [0.2, 0.25) is 5.02 Å². The number of carbonyl (C=O) groups excluding carboxylic acids is 3. The van der Waals surface area contributed by atoms with Crippen LogP contribution >= 0.6 is 11.6 Å². The van der Waals surface area contributed by atoms with Crippen LogP contribution in [0, 0.1) is 5.41 Å². The number of benzene rings is 1. The number of hydrogen-bond donors (Lipinski definition) is 1. The molecule has 164 valence electrons. The minimum atomic E-state index is -0.489. The second kappa shape index (κ2) is 9.69. The van der Waals surface area contributed by atoms with Crippen molar-refractivity contribution in [3.05, 3.63) is 34.9 Å². The zero-order valence-corrected chi connectivity index (χ0v) is 18.6. The maximum atomic E-state index is 12.8. The van der Waals surface area contributed by atoms with Gasteiger partial charge in [0.2, 0.25) is 5.91 Å². The summed E-state index contributed by atoms with van der Waals surface area (Å²) < 4.78 is 0. The second-order valence-electron chi connectivity index (χ2n) is 8.46. The van der Waals surface area contributed by atoms with Crippen LogP contribution in [0.1, 0.15) is 42.5 Å². The van der Waals surface area contributed by atoms with Crippen molar-refractivity contribution in [1.82, 2.24) is 20.0 Å². The summed E-state index contributed by atoms with van der Waals surface area (Å²) in [5.41, 5.74) is -0.000647. The Morgan fingerprint density at radius 3 is 2.30 bits per heavy atom. The summed E-state index contributed by atoms with van der Waals surface area (Å²) in [6.45, 7) is 2.43. The van der Waals surface area contributed by atoms with Crippen molar-refractivity contribution in [2.75, 3.05) is 46.8 Å².